The minimum Gasteiger partial charge on any atom is -0.508 e. The van der Waals surface area contributed by atoms with Gasteiger partial charge in [-0.25, -0.2) is 4.98 Å². The minimum absolute atomic E-state index is 0.0589. The van der Waals surface area contributed by atoms with Crippen LogP contribution in [0.3, 0.4) is 0 Å². The van der Waals surface area contributed by atoms with Crippen molar-refractivity contribution in [3.63, 3.8) is 0 Å². The number of phenolic OH excluding ortho intramolecular Hbond substituents is 1. The third-order valence-corrected chi connectivity index (χ3v) is 5.05. The van der Waals surface area contributed by atoms with Crippen LogP contribution in [0.15, 0.2) is 43.0 Å². The smallest absolute Gasteiger partial charge is 0.254 e. The van der Waals surface area contributed by atoms with Crippen LogP contribution in [0.5, 0.6) is 5.75 Å². The maximum Gasteiger partial charge on any atom is 0.254 e. The Morgan fingerprint density at radius 3 is 3.00 bits per heavy atom. The number of amides is 1. The van der Waals surface area contributed by atoms with Gasteiger partial charge in [0.25, 0.3) is 5.91 Å². The molecule has 1 aromatic carbocycles. The molecule has 0 saturated carbocycles. The van der Waals surface area contributed by atoms with Gasteiger partial charge in [-0.2, -0.15) is 0 Å². The van der Waals surface area contributed by atoms with Gasteiger partial charge in [-0.15, -0.1) is 10.2 Å². The highest BCUT2D eigenvalue weighted by atomic mass is 16.3. The van der Waals surface area contributed by atoms with Gasteiger partial charge in [0, 0.05) is 44.0 Å². The summed E-state index contributed by atoms with van der Waals surface area (Å²) < 4.78 is 3.97. The second kappa shape index (κ2) is 7.22. The predicted octanol–water partition coefficient (Wildman–Crippen LogP) is 1.79. The highest BCUT2D eigenvalue weighted by Crippen LogP contribution is 2.27. The number of rotatable bonds is 4. The summed E-state index contributed by atoms with van der Waals surface area (Å²) in [4.78, 5) is 18.7. The molecule has 140 valence electrons. The average molecular weight is 366 g/mol. The molecule has 3 aromatic rings. The monoisotopic (exact) mass is 366 g/mol. The third-order valence-electron chi connectivity index (χ3n) is 5.05. The van der Waals surface area contributed by atoms with E-state index < -0.39 is 0 Å². The van der Waals surface area contributed by atoms with E-state index in [0.717, 1.165) is 24.5 Å². The molecule has 8 heteroatoms. The normalized spacial score (nSPS) is 17.2. The largest absolute Gasteiger partial charge is 0.508 e. The first kappa shape index (κ1) is 17.3. The summed E-state index contributed by atoms with van der Waals surface area (Å²) in [6.07, 6.45) is 7.28. The van der Waals surface area contributed by atoms with E-state index in [0.29, 0.717) is 25.2 Å². The van der Waals surface area contributed by atoms with Gasteiger partial charge in [-0.3, -0.25) is 4.79 Å². The number of imidazole rings is 1. The summed E-state index contributed by atoms with van der Waals surface area (Å²) in [7, 11) is 1.97. The molecule has 0 aliphatic carbocycles. The molecule has 1 saturated heterocycles. The van der Waals surface area contributed by atoms with Crippen molar-refractivity contribution in [2.45, 2.75) is 25.3 Å². The second-order valence-corrected chi connectivity index (χ2v) is 6.91. The predicted molar refractivity (Wildman–Crippen MR) is 98.3 cm³/mol. The van der Waals surface area contributed by atoms with Gasteiger partial charge in [0.05, 0.1) is 12.9 Å². The van der Waals surface area contributed by atoms with Gasteiger partial charge in [0.15, 0.2) is 5.82 Å². The fourth-order valence-corrected chi connectivity index (χ4v) is 3.61. The first-order valence-corrected chi connectivity index (χ1v) is 9.04. The summed E-state index contributed by atoms with van der Waals surface area (Å²) in [6, 6.07) is 6.50. The van der Waals surface area contributed by atoms with Crippen LogP contribution in [-0.4, -0.2) is 53.3 Å². The van der Waals surface area contributed by atoms with Crippen LogP contribution in [0.2, 0.25) is 0 Å². The molecular formula is C19H22N6O2. The number of benzene rings is 1. The molecule has 0 radical (unpaired) electrons. The standard InChI is InChI=1S/C19H22N6O2/c1-23-17(12-24-9-7-20-13-24)21-22-18(23)15-5-3-8-25(11-15)19(27)14-4-2-6-16(26)10-14/h2,4,6-7,9-10,13,15,26H,3,5,8,11-12H2,1H3/t15-/m0/s1. The Labute approximate surface area is 157 Å². The zero-order valence-corrected chi connectivity index (χ0v) is 15.2. The van der Waals surface area contributed by atoms with E-state index in [-0.39, 0.29) is 17.6 Å². The molecule has 2 aromatic heterocycles. The van der Waals surface area contributed by atoms with Gasteiger partial charge in [0.1, 0.15) is 11.6 Å². The molecule has 4 rings (SSSR count). The Bertz CT molecular complexity index is 934. The van der Waals surface area contributed by atoms with Crippen molar-refractivity contribution in [3.05, 3.63) is 60.2 Å². The van der Waals surface area contributed by atoms with Gasteiger partial charge in [0.2, 0.25) is 0 Å². The number of nitrogens with zero attached hydrogens (tertiary/aromatic N) is 6. The van der Waals surface area contributed by atoms with E-state index in [1.807, 2.05) is 27.3 Å². The van der Waals surface area contributed by atoms with Crippen LogP contribution < -0.4 is 0 Å². The molecule has 1 amide bonds. The first-order chi connectivity index (χ1) is 13.1. The summed E-state index contributed by atoms with van der Waals surface area (Å²) in [5.41, 5.74) is 0.509. The molecule has 0 spiro atoms. The van der Waals surface area contributed by atoms with Crippen LogP contribution in [0.25, 0.3) is 0 Å². The topological polar surface area (TPSA) is 89.1 Å². The number of carbonyl (C=O) groups is 1. The maximum absolute atomic E-state index is 12.8. The molecule has 0 bridgehead atoms. The Morgan fingerprint density at radius 2 is 2.22 bits per heavy atom. The van der Waals surface area contributed by atoms with Crippen molar-refractivity contribution in [2.75, 3.05) is 13.1 Å². The van der Waals surface area contributed by atoms with Crippen LogP contribution in [0.1, 0.15) is 40.8 Å². The number of carbonyl (C=O) groups excluding carboxylic acids is 1. The number of hydrogen-bond acceptors (Lipinski definition) is 5. The molecule has 8 nitrogen and oxygen atoms in total. The Morgan fingerprint density at radius 1 is 1.33 bits per heavy atom. The average Bonchev–Trinajstić information content (AvgIpc) is 3.32. The van der Waals surface area contributed by atoms with Crippen molar-refractivity contribution >= 4 is 5.91 Å². The van der Waals surface area contributed by atoms with Crippen molar-refractivity contribution < 1.29 is 9.90 Å². The SMILES string of the molecule is Cn1c(Cn2ccnc2)nnc1[C@H]1CCCN(C(=O)c2cccc(O)c2)C1. The lowest BCUT2D eigenvalue weighted by molar-refractivity contribution is 0.0703. The van der Waals surface area contributed by atoms with Crippen LogP contribution >= 0.6 is 0 Å². The molecule has 1 aliphatic rings. The number of phenols is 1. The van der Waals surface area contributed by atoms with Crippen LogP contribution in [0, 0.1) is 0 Å². The fourth-order valence-electron chi connectivity index (χ4n) is 3.61. The van der Waals surface area contributed by atoms with Crippen LogP contribution in [0.4, 0.5) is 0 Å². The van der Waals surface area contributed by atoms with E-state index in [2.05, 4.69) is 15.2 Å². The van der Waals surface area contributed by atoms with E-state index in [9.17, 15) is 9.90 Å². The second-order valence-electron chi connectivity index (χ2n) is 6.91. The van der Waals surface area contributed by atoms with E-state index in [1.54, 1.807) is 30.7 Å². The van der Waals surface area contributed by atoms with E-state index in [1.165, 1.54) is 6.07 Å². The van der Waals surface area contributed by atoms with Gasteiger partial charge in [-0.05, 0) is 31.0 Å². The zero-order valence-electron chi connectivity index (χ0n) is 15.2. The minimum atomic E-state index is -0.0589. The van der Waals surface area contributed by atoms with E-state index >= 15 is 0 Å². The molecule has 1 aliphatic heterocycles. The Balaban J connectivity index is 1.50. The van der Waals surface area contributed by atoms with Crippen molar-refractivity contribution in [1.82, 2.24) is 29.2 Å². The van der Waals surface area contributed by atoms with E-state index in [4.69, 9.17) is 0 Å². The molecule has 3 heterocycles. The highest BCUT2D eigenvalue weighted by Gasteiger charge is 2.29. The van der Waals surface area contributed by atoms with Gasteiger partial charge in [-0.1, -0.05) is 6.07 Å². The summed E-state index contributed by atoms with van der Waals surface area (Å²) in [5.74, 6) is 1.95. The van der Waals surface area contributed by atoms with Gasteiger partial charge >= 0.3 is 0 Å². The first-order valence-electron chi connectivity index (χ1n) is 9.04. The molecule has 1 N–H and O–H groups in total. The Hall–Kier alpha value is -3.16. The number of piperidine rings is 1. The lowest BCUT2D eigenvalue weighted by atomic mass is 9.96. The Kier molecular flexibility index (Phi) is 4.62. The zero-order chi connectivity index (χ0) is 18.8. The lowest BCUT2D eigenvalue weighted by Gasteiger charge is -2.32. The molecule has 1 atom stereocenters. The highest BCUT2D eigenvalue weighted by molar-refractivity contribution is 5.94. The number of aromatic hydroxyl groups is 1. The van der Waals surface area contributed by atoms with Crippen LogP contribution in [-0.2, 0) is 13.6 Å². The number of likely N-dealkylation sites (tertiary alicyclic amines) is 1. The maximum atomic E-state index is 12.8. The summed E-state index contributed by atoms with van der Waals surface area (Å²) in [6.45, 7) is 1.93. The quantitative estimate of drug-likeness (QED) is 0.760. The molecular weight excluding hydrogens is 344 g/mol. The molecule has 0 unspecified atom stereocenters. The van der Waals surface area contributed by atoms with Crippen molar-refractivity contribution in [1.29, 1.82) is 0 Å². The third kappa shape index (κ3) is 3.55. The fraction of sp³-hybridized carbons (Fsp3) is 0.368. The number of hydrogen-bond donors (Lipinski definition) is 1. The van der Waals surface area contributed by atoms with Crippen molar-refractivity contribution in [3.8, 4) is 5.75 Å². The lowest BCUT2D eigenvalue weighted by Crippen LogP contribution is -2.39. The summed E-state index contributed by atoms with van der Waals surface area (Å²) >= 11 is 0. The number of aromatic nitrogens is 5. The molecule has 1 fully saturated rings. The summed E-state index contributed by atoms with van der Waals surface area (Å²) in [5, 5.41) is 18.4. The van der Waals surface area contributed by atoms with Crippen molar-refractivity contribution in [2.24, 2.45) is 7.05 Å². The van der Waals surface area contributed by atoms with Gasteiger partial charge < -0.3 is 19.1 Å². The molecule has 27 heavy (non-hydrogen) atoms.